The molecule has 3 N–H and O–H groups in total. The zero-order valence-electron chi connectivity index (χ0n) is 15.4. The van der Waals surface area contributed by atoms with Gasteiger partial charge in [-0.1, -0.05) is 25.1 Å². The van der Waals surface area contributed by atoms with Crippen molar-refractivity contribution in [2.24, 2.45) is 11.7 Å². The Morgan fingerprint density at radius 3 is 2.63 bits per heavy atom. The van der Waals surface area contributed by atoms with Crippen molar-refractivity contribution in [1.82, 2.24) is 10.2 Å². The maximum absolute atomic E-state index is 12.8. The molecule has 27 heavy (non-hydrogen) atoms. The minimum Gasteiger partial charge on any atom is -0.347 e. The number of nitrogens with zero attached hydrogens (tertiary/aromatic N) is 1. The van der Waals surface area contributed by atoms with E-state index in [0.717, 1.165) is 24.9 Å². The molecule has 1 fully saturated rings. The minimum atomic E-state index is -0.0756. The molecule has 2 unspecified atom stereocenters. The highest BCUT2D eigenvalue weighted by molar-refractivity contribution is 7.12. The maximum atomic E-state index is 12.8. The molecule has 1 aromatic heterocycles. The number of carbonyl (C=O) groups excluding carboxylic acids is 2. The predicted molar refractivity (Wildman–Crippen MR) is 111 cm³/mol. The van der Waals surface area contributed by atoms with Crippen LogP contribution in [0.1, 0.15) is 45.4 Å². The van der Waals surface area contributed by atoms with Crippen LogP contribution in [0.2, 0.25) is 0 Å². The number of benzene rings is 1. The van der Waals surface area contributed by atoms with Gasteiger partial charge in [0, 0.05) is 31.2 Å². The standard InChI is InChI=1S/C20H25N3O2S.ClH/c1-14-8-9-23(17(11-14)12-21)20(25)16-6-4-15(5-7-16)13-22-19(24)18-3-2-10-26-18;/h2-7,10,14,17H,8-9,11-13,21H2,1H3,(H,22,24);1H. The highest BCUT2D eigenvalue weighted by Gasteiger charge is 2.29. The van der Waals surface area contributed by atoms with Crippen LogP contribution in [0.5, 0.6) is 0 Å². The van der Waals surface area contributed by atoms with E-state index in [9.17, 15) is 9.59 Å². The molecule has 1 saturated heterocycles. The number of thiophene rings is 1. The van der Waals surface area contributed by atoms with Gasteiger partial charge in [-0.2, -0.15) is 0 Å². The van der Waals surface area contributed by atoms with E-state index in [1.165, 1.54) is 11.3 Å². The van der Waals surface area contributed by atoms with Gasteiger partial charge in [0.15, 0.2) is 0 Å². The Balaban J connectivity index is 0.00000261. The van der Waals surface area contributed by atoms with E-state index in [1.54, 1.807) is 6.07 Å². The summed E-state index contributed by atoms with van der Waals surface area (Å²) in [6, 6.07) is 11.2. The van der Waals surface area contributed by atoms with Crippen LogP contribution in [0.4, 0.5) is 0 Å². The average molecular weight is 408 g/mol. The monoisotopic (exact) mass is 407 g/mol. The van der Waals surface area contributed by atoms with E-state index in [0.29, 0.717) is 29.4 Å². The number of rotatable bonds is 5. The quantitative estimate of drug-likeness (QED) is 0.798. The molecule has 0 saturated carbocycles. The largest absolute Gasteiger partial charge is 0.347 e. The lowest BCUT2D eigenvalue weighted by atomic mass is 9.92. The lowest BCUT2D eigenvalue weighted by molar-refractivity contribution is 0.0573. The number of hydrogen-bond acceptors (Lipinski definition) is 4. The van der Waals surface area contributed by atoms with Crippen LogP contribution in [0.25, 0.3) is 0 Å². The van der Waals surface area contributed by atoms with Crippen LogP contribution in [-0.2, 0) is 6.54 Å². The van der Waals surface area contributed by atoms with Gasteiger partial charge < -0.3 is 16.0 Å². The number of piperidine rings is 1. The molecule has 2 amide bonds. The second-order valence-corrected chi connectivity index (χ2v) is 7.82. The first kappa shape index (κ1) is 21.4. The summed E-state index contributed by atoms with van der Waals surface area (Å²) in [4.78, 5) is 27.4. The van der Waals surface area contributed by atoms with E-state index in [2.05, 4.69) is 12.2 Å². The number of nitrogens with two attached hydrogens (primary N) is 1. The normalized spacial score (nSPS) is 19.3. The molecule has 0 spiro atoms. The SMILES string of the molecule is CC1CCN(C(=O)c2ccc(CNC(=O)c3cccs3)cc2)C(CN)C1.Cl. The molecular formula is C20H26ClN3O2S. The molecule has 146 valence electrons. The first-order chi connectivity index (χ1) is 12.6. The van der Waals surface area contributed by atoms with Crippen molar-refractivity contribution in [2.45, 2.75) is 32.4 Å². The maximum Gasteiger partial charge on any atom is 0.261 e. The van der Waals surface area contributed by atoms with Gasteiger partial charge in [-0.05, 0) is 47.9 Å². The third-order valence-corrected chi connectivity index (χ3v) is 5.78. The van der Waals surface area contributed by atoms with Crippen LogP contribution < -0.4 is 11.1 Å². The van der Waals surface area contributed by atoms with E-state index in [4.69, 9.17) is 5.73 Å². The summed E-state index contributed by atoms with van der Waals surface area (Å²) in [5.41, 5.74) is 7.51. The fourth-order valence-corrected chi connectivity index (χ4v) is 3.99. The van der Waals surface area contributed by atoms with Crippen LogP contribution in [0.3, 0.4) is 0 Å². The third kappa shape index (κ3) is 5.31. The van der Waals surface area contributed by atoms with Crippen molar-refractivity contribution in [1.29, 1.82) is 0 Å². The van der Waals surface area contributed by atoms with Crippen LogP contribution in [0, 0.1) is 5.92 Å². The second kappa shape index (κ2) is 9.88. The van der Waals surface area contributed by atoms with Crippen molar-refractivity contribution < 1.29 is 9.59 Å². The fraction of sp³-hybridized carbons (Fsp3) is 0.400. The second-order valence-electron chi connectivity index (χ2n) is 6.87. The number of amides is 2. The lowest BCUT2D eigenvalue weighted by Crippen LogP contribution is -2.49. The number of carbonyl (C=O) groups is 2. The van der Waals surface area contributed by atoms with Gasteiger partial charge in [0.2, 0.25) is 0 Å². The molecule has 2 aromatic rings. The van der Waals surface area contributed by atoms with Gasteiger partial charge in [0.1, 0.15) is 0 Å². The Morgan fingerprint density at radius 2 is 2.00 bits per heavy atom. The fourth-order valence-electron chi connectivity index (χ4n) is 3.35. The van der Waals surface area contributed by atoms with Gasteiger partial charge in [0.25, 0.3) is 11.8 Å². The zero-order valence-corrected chi connectivity index (χ0v) is 17.0. The summed E-state index contributed by atoms with van der Waals surface area (Å²) >= 11 is 1.42. The Hall–Kier alpha value is -1.89. The van der Waals surface area contributed by atoms with Gasteiger partial charge in [-0.15, -0.1) is 23.7 Å². The number of halogens is 1. The molecular weight excluding hydrogens is 382 g/mol. The first-order valence-corrected chi connectivity index (χ1v) is 9.88. The smallest absolute Gasteiger partial charge is 0.261 e. The number of hydrogen-bond donors (Lipinski definition) is 2. The molecule has 0 aliphatic carbocycles. The highest BCUT2D eigenvalue weighted by atomic mass is 35.5. The molecule has 2 heterocycles. The average Bonchev–Trinajstić information content (AvgIpc) is 3.20. The van der Waals surface area contributed by atoms with Gasteiger partial charge in [0.05, 0.1) is 4.88 Å². The van der Waals surface area contributed by atoms with Crippen molar-refractivity contribution in [3.05, 3.63) is 57.8 Å². The highest BCUT2D eigenvalue weighted by Crippen LogP contribution is 2.23. The summed E-state index contributed by atoms with van der Waals surface area (Å²) < 4.78 is 0. The Labute approximate surface area is 170 Å². The Bertz CT molecular complexity index is 749. The third-order valence-electron chi connectivity index (χ3n) is 4.91. The molecule has 5 nitrogen and oxygen atoms in total. The first-order valence-electron chi connectivity index (χ1n) is 9.00. The summed E-state index contributed by atoms with van der Waals surface area (Å²) in [6.07, 6.45) is 1.99. The van der Waals surface area contributed by atoms with Crippen molar-refractivity contribution in [3.8, 4) is 0 Å². The molecule has 1 aromatic carbocycles. The number of nitrogens with one attached hydrogen (secondary N) is 1. The lowest BCUT2D eigenvalue weighted by Gasteiger charge is -2.38. The summed E-state index contributed by atoms with van der Waals surface area (Å²) in [5, 5.41) is 4.77. The molecule has 0 bridgehead atoms. The Morgan fingerprint density at radius 1 is 1.26 bits per heavy atom. The summed E-state index contributed by atoms with van der Waals surface area (Å²) in [6.45, 7) is 3.92. The molecule has 3 rings (SSSR count). The van der Waals surface area contributed by atoms with E-state index in [1.807, 2.05) is 40.6 Å². The van der Waals surface area contributed by atoms with Crippen LogP contribution in [0.15, 0.2) is 41.8 Å². The van der Waals surface area contributed by atoms with Crippen LogP contribution in [-0.4, -0.2) is 35.8 Å². The topological polar surface area (TPSA) is 75.4 Å². The summed E-state index contributed by atoms with van der Waals surface area (Å²) in [5.74, 6) is 0.580. The van der Waals surface area contributed by atoms with Gasteiger partial charge in [-0.3, -0.25) is 9.59 Å². The summed E-state index contributed by atoms with van der Waals surface area (Å²) in [7, 11) is 0. The number of likely N-dealkylation sites (tertiary alicyclic amines) is 1. The van der Waals surface area contributed by atoms with Gasteiger partial charge in [-0.25, -0.2) is 0 Å². The molecule has 2 atom stereocenters. The Kier molecular flexibility index (Phi) is 7.83. The zero-order chi connectivity index (χ0) is 18.5. The van der Waals surface area contributed by atoms with E-state index < -0.39 is 0 Å². The molecule has 0 radical (unpaired) electrons. The molecule has 1 aliphatic rings. The molecule has 7 heteroatoms. The minimum absolute atomic E-state index is 0. The van der Waals surface area contributed by atoms with Crippen molar-refractivity contribution in [3.63, 3.8) is 0 Å². The predicted octanol–water partition coefficient (Wildman–Crippen LogP) is 3.30. The molecule has 1 aliphatic heterocycles. The van der Waals surface area contributed by atoms with E-state index >= 15 is 0 Å². The van der Waals surface area contributed by atoms with Crippen LogP contribution >= 0.6 is 23.7 Å². The van der Waals surface area contributed by atoms with E-state index in [-0.39, 0.29) is 30.3 Å². The van der Waals surface area contributed by atoms with Crippen molar-refractivity contribution >= 4 is 35.6 Å². The van der Waals surface area contributed by atoms with Gasteiger partial charge >= 0.3 is 0 Å². The van der Waals surface area contributed by atoms with Crippen molar-refractivity contribution in [2.75, 3.05) is 13.1 Å².